The van der Waals surface area contributed by atoms with Crippen LogP contribution in [0.2, 0.25) is 0 Å². The van der Waals surface area contributed by atoms with Gasteiger partial charge in [0.05, 0.1) is 13.5 Å². The molecule has 1 amide bonds. The summed E-state index contributed by atoms with van der Waals surface area (Å²) in [5, 5.41) is 0. The highest BCUT2D eigenvalue weighted by atomic mass is 16.5. The first-order valence-electron chi connectivity index (χ1n) is 6.76. The molecule has 0 saturated carbocycles. The third kappa shape index (κ3) is 7.82. The fourth-order valence-electron chi connectivity index (χ4n) is 1.62. The van der Waals surface area contributed by atoms with E-state index in [2.05, 4.69) is 4.74 Å². The van der Waals surface area contributed by atoms with Crippen molar-refractivity contribution in [3.63, 3.8) is 0 Å². The van der Waals surface area contributed by atoms with Crippen molar-refractivity contribution < 1.29 is 19.1 Å². The van der Waals surface area contributed by atoms with Crippen LogP contribution in [-0.4, -0.2) is 50.2 Å². The molecule has 0 aromatic rings. The topological polar surface area (TPSA) is 55.8 Å². The Morgan fingerprint density at radius 1 is 1.16 bits per heavy atom. The molecule has 0 unspecified atom stereocenters. The zero-order valence-corrected chi connectivity index (χ0v) is 12.8. The number of nitrogens with zero attached hydrogens (tertiary/aromatic N) is 1. The number of carbonyl (C=O) groups is 2. The number of hydrogen-bond acceptors (Lipinski definition) is 4. The second-order valence-electron chi connectivity index (χ2n) is 5.42. The smallest absolute Gasteiger partial charge is 0.307 e. The molecule has 0 aliphatic heterocycles. The third-order valence-corrected chi connectivity index (χ3v) is 2.66. The lowest BCUT2D eigenvalue weighted by Crippen LogP contribution is -2.41. The van der Waals surface area contributed by atoms with Crippen LogP contribution < -0.4 is 0 Å². The summed E-state index contributed by atoms with van der Waals surface area (Å²) in [5.74, 6) is -0.246. The molecule has 0 aliphatic rings. The normalized spacial score (nSPS) is 11.2. The summed E-state index contributed by atoms with van der Waals surface area (Å²) in [4.78, 5) is 25.2. The van der Waals surface area contributed by atoms with Gasteiger partial charge in [0.1, 0.15) is 0 Å². The number of hydrogen-bond donors (Lipinski definition) is 0. The van der Waals surface area contributed by atoms with Crippen LogP contribution in [0.3, 0.4) is 0 Å². The van der Waals surface area contributed by atoms with Crippen molar-refractivity contribution in [2.45, 2.75) is 40.5 Å². The molecule has 0 fully saturated rings. The zero-order chi connectivity index (χ0) is 14.9. The van der Waals surface area contributed by atoms with Crippen molar-refractivity contribution in [3.8, 4) is 0 Å². The van der Waals surface area contributed by atoms with Gasteiger partial charge in [-0.2, -0.15) is 0 Å². The Morgan fingerprint density at radius 2 is 1.79 bits per heavy atom. The van der Waals surface area contributed by atoms with Crippen LogP contribution in [0, 0.1) is 5.41 Å². The van der Waals surface area contributed by atoms with E-state index in [1.54, 1.807) is 4.90 Å². The van der Waals surface area contributed by atoms with Crippen LogP contribution in [0.4, 0.5) is 0 Å². The summed E-state index contributed by atoms with van der Waals surface area (Å²) in [7, 11) is 1.35. The highest BCUT2D eigenvalue weighted by Crippen LogP contribution is 2.18. The summed E-state index contributed by atoms with van der Waals surface area (Å²) >= 11 is 0. The summed E-state index contributed by atoms with van der Waals surface area (Å²) in [6.45, 7) is 9.88. The first-order chi connectivity index (χ1) is 8.82. The number of methoxy groups -OCH3 is 1. The summed E-state index contributed by atoms with van der Waals surface area (Å²) in [5.41, 5.74) is -0.443. The average Bonchev–Trinajstić information content (AvgIpc) is 2.35. The standard InChI is InChI=1S/C14H27NO4/c1-6-19-11-7-9-15(10-8-12(16)18-5)13(17)14(2,3)4/h6-11H2,1-5H3. The molecule has 0 rings (SSSR count). The van der Waals surface area contributed by atoms with Gasteiger partial charge in [0.2, 0.25) is 5.91 Å². The second kappa shape index (κ2) is 8.91. The van der Waals surface area contributed by atoms with Crippen molar-refractivity contribution in [2.75, 3.05) is 33.4 Å². The second-order valence-corrected chi connectivity index (χ2v) is 5.42. The predicted molar refractivity (Wildman–Crippen MR) is 73.8 cm³/mol. The van der Waals surface area contributed by atoms with E-state index in [0.29, 0.717) is 26.3 Å². The minimum absolute atomic E-state index is 0.0490. The molecule has 0 spiro atoms. The van der Waals surface area contributed by atoms with Crippen molar-refractivity contribution in [1.82, 2.24) is 4.90 Å². The lowest BCUT2D eigenvalue weighted by atomic mass is 9.94. The Kier molecular flexibility index (Phi) is 8.39. The van der Waals surface area contributed by atoms with Crippen molar-refractivity contribution >= 4 is 11.9 Å². The van der Waals surface area contributed by atoms with Crippen LogP contribution >= 0.6 is 0 Å². The molecular formula is C14H27NO4. The average molecular weight is 273 g/mol. The lowest BCUT2D eigenvalue weighted by molar-refractivity contribution is -0.143. The first-order valence-corrected chi connectivity index (χ1v) is 6.76. The molecule has 0 bridgehead atoms. The summed E-state index contributed by atoms with van der Waals surface area (Å²) < 4.78 is 9.87. The first kappa shape index (κ1) is 17.9. The molecular weight excluding hydrogens is 246 g/mol. The van der Waals surface area contributed by atoms with Gasteiger partial charge in [-0.15, -0.1) is 0 Å². The maximum atomic E-state index is 12.3. The summed E-state index contributed by atoms with van der Waals surface area (Å²) in [6, 6.07) is 0. The molecule has 5 heteroatoms. The van der Waals surface area contributed by atoms with E-state index in [4.69, 9.17) is 4.74 Å². The highest BCUT2D eigenvalue weighted by molar-refractivity contribution is 5.82. The van der Waals surface area contributed by atoms with Gasteiger partial charge in [0, 0.05) is 31.7 Å². The maximum Gasteiger partial charge on any atom is 0.307 e. The fourth-order valence-corrected chi connectivity index (χ4v) is 1.62. The van der Waals surface area contributed by atoms with Crippen molar-refractivity contribution in [3.05, 3.63) is 0 Å². The van der Waals surface area contributed by atoms with Gasteiger partial charge in [-0.1, -0.05) is 20.8 Å². The third-order valence-electron chi connectivity index (χ3n) is 2.66. The van der Waals surface area contributed by atoms with Gasteiger partial charge in [-0.25, -0.2) is 0 Å². The molecule has 0 saturated heterocycles. The molecule has 0 heterocycles. The number of rotatable bonds is 8. The lowest BCUT2D eigenvalue weighted by Gasteiger charge is -2.29. The number of esters is 1. The highest BCUT2D eigenvalue weighted by Gasteiger charge is 2.27. The largest absolute Gasteiger partial charge is 0.469 e. The van der Waals surface area contributed by atoms with Crippen LogP contribution in [0.5, 0.6) is 0 Å². The minimum Gasteiger partial charge on any atom is -0.469 e. The number of amides is 1. The Bertz CT molecular complexity index is 284. The van der Waals surface area contributed by atoms with Crippen molar-refractivity contribution in [2.24, 2.45) is 5.41 Å². The number of carbonyl (C=O) groups excluding carboxylic acids is 2. The Labute approximate surface area is 116 Å². The van der Waals surface area contributed by atoms with Crippen LogP contribution in [0.1, 0.15) is 40.5 Å². The Hall–Kier alpha value is -1.10. The fraction of sp³-hybridized carbons (Fsp3) is 0.857. The van der Waals surface area contributed by atoms with Gasteiger partial charge in [-0.3, -0.25) is 9.59 Å². The molecule has 0 aromatic carbocycles. The van der Waals surface area contributed by atoms with E-state index in [1.807, 2.05) is 27.7 Å². The van der Waals surface area contributed by atoms with E-state index in [-0.39, 0.29) is 18.3 Å². The molecule has 5 nitrogen and oxygen atoms in total. The summed E-state index contributed by atoms with van der Waals surface area (Å²) in [6.07, 6.45) is 1.00. The molecule has 0 aliphatic carbocycles. The van der Waals surface area contributed by atoms with Gasteiger partial charge < -0.3 is 14.4 Å². The molecule has 0 radical (unpaired) electrons. The predicted octanol–water partition coefficient (Wildman–Crippen LogP) is 1.85. The Balaban J connectivity index is 4.38. The van der Waals surface area contributed by atoms with Gasteiger partial charge in [-0.05, 0) is 13.3 Å². The van der Waals surface area contributed by atoms with Gasteiger partial charge in [0.25, 0.3) is 0 Å². The molecule has 0 aromatic heterocycles. The van der Waals surface area contributed by atoms with E-state index in [1.165, 1.54) is 7.11 Å². The quantitative estimate of drug-likeness (QED) is 0.500. The van der Waals surface area contributed by atoms with Crippen molar-refractivity contribution in [1.29, 1.82) is 0 Å². The SMILES string of the molecule is CCOCCCN(CCC(=O)OC)C(=O)C(C)(C)C. The zero-order valence-electron chi connectivity index (χ0n) is 12.8. The maximum absolute atomic E-state index is 12.3. The minimum atomic E-state index is -0.443. The molecule has 0 N–H and O–H groups in total. The van der Waals surface area contributed by atoms with Gasteiger partial charge >= 0.3 is 5.97 Å². The molecule has 112 valence electrons. The van der Waals surface area contributed by atoms with Crippen LogP contribution in [-0.2, 0) is 19.1 Å². The Morgan fingerprint density at radius 3 is 2.26 bits per heavy atom. The monoisotopic (exact) mass is 273 g/mol. The van der Waals surface area contributed by atoms with Crippen LogP contribution in [0.15, 0.2) is 0 Å². The molecule has 0 atom stereocenters. The number of ether oxygens (including phenoxy) is 2. The van der Waals surface area contributed by atoms with E-state index >= 15 is 0 Å². The van der Waals surface area contributed by atoms with E-state index < -0.39 is 5.41 Å². The molecule has 19 heavy (non-hydrogen) atoms. The van der Waals surface area contributed by atoms with Crippen LogP contribution in [0.25, 0.3) is 0 Å². The van der Waals surface area contributed by atoms with E-state index in [9.17, 15) is 9.59 Å². The van der Waals surface area contributed by atoms with E-state index in [0.717, 1.165) is 6.42 Å². The van der Waals surface area contributed by atoms with Gasteiger partial charge in [0.15, 0.2) is 0 Å².